The normalized spacial score (nSPS) is 30.6. The van der Waals surface area contributed by atoms with E-state index in [1.54, 1.807) is 30.3 Å². The molecule has 48 heavy (non-hydrogen) atoms. The number of benzene rings is 2. The lowest BCUT2D eigenvalue weighted by Gasteiger charge is -2.39. The van der Waals surface area contributed by atoms with Crippen LogP contribution in [0.1, 0.15) is 26.3 Å². The van der Waals surface area contributed by atoms with Crippen molar-refractivity contribution in [2.75, 3.05) is 13.7 Å². The van der Waals surface area contributed by atoms with E-state index in [9.17, 15) is 45.6 Å². The number of aliphatic hydroxyl groups excluding tert-OH is 7. The SMILES string of the molecule is COc1ccc(-c2oc3c(CC=C(C)C)c(O[C@@H]4O[C@H](CO)[C@H](O)[C@H](O)[C@H]4O)cc(O)c3c(=O)c2O[C@@H]2O[C@@H](C)[C@H](O)[C@@H](O)[C@H]2O)cc1. The summed E-state index contributed by atoms with van der Waals surface area (Å²) in [6.45, 7) is 4.40. The number of methoxy groups -OCH3 is 1. The van der Waals surface area contributed by atoms with Crippen molar-refractivity contribution >= 4 is 11.0 Å². The number of rotatable bonds is 9. The Balaban J connectivity index is 1.71. The molecule has 0 saturated carbocycles. The third-order valence-electron chi connectivity index (χ3n) is 8.37. The van der Waals surface area contributed by atoms with E-state index < -0.39 is 84.9 Å². The first-order valence-corrected chi connectivity index (χ1v) is 15.2. The number of aromatic hydroxyl groups is 1. The van der Waals surface area contributed by atoms with Gasteiger partial charge in [0, 0.05) is 17.2 Å². The number of phenols is 1. The summed E-state index contributed by atoms with van der Waals surface area (Å²) in [5.74, 6) is -0.922. The van der Waals surface area contributed by atoms with Crippen LogP contribution in [0, 0.1) is 0 Å². The molecule has 2 aliphatic rings. The van der Waals surface area contributed by atoms with E-state index in [4.69, 9.17) is 28.1 Å². The molecule has 0 bridgehead atoms. The molecule has 0 aliphatic carbocycles. The summed E-state index contributed by atoms with van der Waals surface area (Å²) in [6, 6.07) is 7.41. The van der Waals surface area contributed by atoms with Crippen molar-refractivity contribution in [1.82, 2.24) is 0 Å². The fourth-order valence-corrected chi connectivity index (χ4v) is 5.52. The number of phenolic OH excluding ortho intramolecular Hbond substituents is 1. The topological polar surface area (TPSA) is 238 Å². The molecule has 0 spiro atoms. The van der Waals surface area contributed by atoms with E-state index in [1.165, 1.54) is 14.0 Å². The number of fused-ring (bicyclic) bond motifs is 1. The van der Waals surface area contributed by atoms with Gasteiger partial charge in [-0.3, -0.25) is 4.79 Å². The Labute approximate surface area is 274 Å². The van der Waals surface area contributed by atoms with Gasteiger partial charge in [-0.2, -0.15) is 0 Å². The summed E-state index contributed by atoms with van der Waals surface area (Å²) >= 11 is 0. The van der Waals surface area contributed by atoms with Crippen LogP contribution in [0.3, 0.4) is 0 Å². The standard InChI is InChI=1S/C33H40O15/c1-13(2)5-10-17-19(45-33-28(42)26(40)23(37)20(12-34)46-33)11-18(35)21-24(38)31(48-32-27(41)25(39)22(36)14(3)44-32)29(47-30(17)21)15-6-8-16(43-4)9-7-15/h5-9,11,14,20,22-23,25-28,32-37,39-42H,10,12H2,1-4H3/t14-,20+,22-,23-,25+,26-,27+,28+,32-,33+/m0/s1. The van der Waals surface area contributed by atoms with Gasteiger partial charge >= 0.3 is 0 Å². The lowest BCUT2D eigenvalue weighted by molar-refractivity contribution is -0.277. The first kappa shape index (κ1) is 35.5. The molecule has 15 nitrogen and oxygen atoms in total. The van der Waals surface area contributed by atoms with E-state index in [0.717, 1.165) is 11.6 Å². The third-order valence-corrected chi connectivity index (χ3v) is 8.37. The van der Waals surface area contributed by atoms with Crippen LogP contribution >= 0.6 is 0 Å². The maximum Gasteiger partial charge on any atom is 0.239 e. The summed E-state index contributed by atoms with van der Waals surface area (Å²) in [5, 5.41) is 82.9. The van der Waals surface area contributed by atoms with Gasteiger partial charge in [0.15, 0.2) is 5.76 Å². The summed E-state index contributed by atoms with van der Waals surface area (Å²) in [6.07, 6.45) is -13.7. The fourth-order valence-electron chi connectivity index (χ4n) is 5.52. The number of hydrogen-bond donors (Lipinski definition) is 8. The number of ether oxygens (including phenoxy) is 5. The van der Waals surface area contributed by atoms with Crippen molar-refractivity contribution in [2.24, 2.45) is 0 Å². The third kappa shape index (κ3) is 6.74. The predicted molar refractivity (Wildman–Crippen MR) is 167 cm³/mol. The van der Waals surface area contributed by atoms with Crippen molar-refractivity contribution in [2.45, 2.75) is 88.6 Å². The Kier molecular flexibility index (Phi) is 10.6. The summed E-state index contributed by atoms with van der Waals surface area (Å²) in [7, 11) is 1.47. The maximum atomic E-state index is 14.3. The van der Waals surface area contributed by atoms with Crippen LogP contribution in [0.15, 0.2) is 51.2 Å². The first-order chi connectivity index (χ1) is 22.8. The summed E-state index contributed by atoms with van der Waals surface area (Å²) in [5.41, 5.74) is 0.341. The monoisotopic (exact) mass is 676 g/mol. The summed E-state index contributed by atoms with van der Waals surface area (Å²) < 4.78 is 34.5. The maximum absolute atomic E-state index is 14.3. The van der Waals surface area contributed by atoms with Gasteiger partial charge in [0.05, 0.1) is 19.8 Å². The van der Waals surface area contributed by atoms with Crippen molar-refractivity contribution in [1.29, 1.82) is 0 Å². The molecular weight excluding hydrogens is 636 g/mol. The zero-order valence-corrected chi connectivity index (χ0v) is 26.6. The van der Waals surface area contributed by atoms with Crippen LogP contribution in [0.5, 0.6) is 23.0 Å². The highest BCUT2D eigenvalue weighted by Crippen LogP contribution is 2.41. The molecule has 0 radical (unpaired) electrons. The Morgan fingerprint density at radius 3 is 2.10 bits per heavy atom. The Bertz CT molecular complexity index is 1680. The van der Waals surface area contributed by atoms with Gasteiger partial charge in [0.2, 0.25) is 23.8 Å². The minimum Gasteiger partial charge on any atom is -0.507 e. The molecule has 262 valence electrons. The summed E-state index contributed by atoms with van der Waals surface area (Å²) in [4.78, 5) is 14.3. The predicted octanol–water partition coefficient (Wildman–Crippen LogP) is 0.0679. The Morgan fingerprint density at radius 2 is 1.50 bits per heavy atom. The molecule has 3 heterocycles. The molecule has 5 rings (SSSR count). The van der Waals surface area contributed by atoms with Gasteiger partial charge in [-0.05, 0) is 51.5 Å². The molecule has 0 unspecified atom stereocenters. The highest BCUT2D eigenvalue weighted by Gasteiger charge is 2.46. The molecule has 15 heteroatoms. The second-order valence-corrected chi connectivity index (χ2v) is 12.0. The number of hydrogen-bond acceptors (Lipinski definition) is 15. The quantitative estimate of drug-likeness (QED) is 0.140. The molecule has 1 aromatic heterocycles. The molecule has 10 atom stereocenters. The molecule has 8 N–H and O–H groups in total. The van der Waals surface area contributed by atoms with E-state index in [-0.39, 0.29) is 34.5 Å². The highest BCUT2D eigenvalue weighted by atomic mass is 16.7. The van der Waals surface area contributed by atoms with Crippen LogP contribution in [-0.2, 0) is 15.9 Å². The average molecular weight is 677 g/mol. The lowest BCUT2D eigenvalue weighted by Crippen LogP contribution is -2.60. The molecule has 2 fully saturated rings. The van der Waals surface area contributed by atoms with Gasteiger partial charge in [-0.25, -0.2) is 0 Å². The van der Waals surface area contributed by atoms with Crippen molar-refractivity contribution in [3.63, 3.8) is 0 Å². The van der Waals surface area contributed by atoms with Gasteiger partial charge < -0.3 is 69.0 Å². The highest BCUT2D eigenvalue weighted by molar-refractivity contribution is 5.91. The average Bonchev–Trinajstić information content (AvgIpc) is 3.06. The van der Waals surface area contributed by atoms with E-state index in [0.29, 0.717) is 11.3 Å². The van der Waals surface area contributed by atoms with Crippen molar-refractivity contribution < 1.29 is 69.0 Å². The zero-order chi connectivity index (χ0) is 35.0. The molecule has 2 aromatic carbocycles. The second-order valence-electron chi connectivity index (χ2n) is 12.0. The van der Waals surface area contributed by atoms with Crippen LogP contribution in [0.2, 0.25) is 0 Å². The minimum atomic E-state index is -1.77. The second kappa shape index (κ2) is 14.4. The van der Waals surface area contributed by atoms with Gasteiger partial charge in [0.25, 0.3) is 0 Å². The molecule has 0 amide bonds. The Morgan fingerprint density at radius 1 is 0.875 bits per heavy atom. The number of aliphatic hydroxyl groups is 7. The van der Waals surface area contributed by atoms with Gasteiger partial charge in [0.1, 0.15) is 70.9 Å². The molecule has 2 saturated heterocycles. The lowest BCUT2D eigenvalue weighted by atomic mass is 9.99. The van der Waals surface area contributed by atoms with Crippen LogP contribution < -0.4 is 19.6 Å². The molecule has 2 aliphatic heterocycles. The van der Waals surface area contributed by atoms with E-state index >= 15 is 0 Å². The first-order valence-electron chi connectivity index (χ1n) is 15.2. The fraction of sp³-hybridized carbons (Fsp3) is 0.485. The van der Waals surface area contributed by atoms with Crippen LogP contribution in [0.25, 0.3) is 22.3 Å². The zero-order valence-electron chi connectivity index (χ0n) is 26.6. The smallest absolute Gasteiger partial charge is 0.239 e. The largest absolute Gasteiger partial charge is 0.507 e. The van der Waals surface area contributed by atoms with Gasteiger partial charge in [-0.15, -0.1) is 0 Å². The minimum absolute atomic E-state index is 0.0725. The van der Waals surface area contributed by atoms with E-state index in [2.05, 4.69) is 0 Å². The Hall–Kier alpha value is -3.77. The molecule has 3 aromatic rings. The van der Waals surface area contributed by atoms with Gasteiger partial charge in [-0.1, -0.05) is 11.6 Å². The van der Waals surface area contributed by atoms with E-state index in [1.807, 2.05) is 13.8 Å². The van der Waals surface area contributed by atoms with Crippen LogP contribution in [-0.4, -0.2) is 116 Å². The van der Waals surface area contributed by atoms with Crippen molar-refractivity contribution in [3.8, 4) is 34.3 Å². The number of allylic oxidation sites excluding steroid dienone is 2. The van der Waals surface area contributed by atoms with Crippen molar-refractivity contribution in [3.05, 3.63) is 57.8 Å². The molecular formula is C33H40O15. The van der Waals surface area contributed by atoms with Crippen LogP contribution in [0.4, 0.5) is 0 Å².